The van der Waals surface area contributed by atoms with Gasteiger partial charge in [-0.3, -0.25) is 4.79 Å². The summed E-state index contributed by atoms with van der Waals surface area (Å²) in [6.45, 7) is 4.37. The van der Waals surface area contributed by atoms with Crippen LogP contribution in [-0.2, 0) is 11.3 Å². The molecule has 1 aromatic carbocycles. The Labute approximate surface area is 151 Å². The highest BCUT2D eigenvalue weighted by atomic mass is 16.5. The molecule has 0 atom stereocenters. The maximum Gasteiger partial charge on any atom is 0.257 e. The molecule has 0 spiro atoms. The average Bonchev–Trinajstić information content (AvgIpc) is 2.65. The molecule has 2 rings (SSSR count). The van der Waals surface area contributed by atoms with Crippen molar-refractivity contribution in [2.24, 2.45) is 5.92 Å². The lowest BCUT2D eigenvalue weighted by Gasteiger charge is -2.21. The number of rotatable bonds is 10. The average molecular weight is 348 g/mol. The number of carbonyl (C=O) groups is 1. The Balaban J connectivity index is 1.76. The van der Waals surface area contributed by atoms with Gasteiger partial charge in [-0.1, -0.05) is 38.2 Å². The molecule has 0 bridgehead atoms. The quantitative estimate of drug-likeness (QED) is 0.637. The number of amides is 1. The lowest BCUT2D eigenvalue weighted by Crippen LogP contribution is -2.28. The third-order valence-electron chi connectivity index (χ3n) is 4.74. The first-order valence-electron chi connectivity index (χ1n) is 9.50. The molecule has 2 N–H and O–H groups in total. The van der Waals surface area contributed by atoms with Gasteiger partial charge in [-0.15, -0.1) is 0 Å². The smallest absolute Gasteiger partial charge is 0.257 e. The maximum absolute atomic E-state index is 11.5. The predicted molar refractivity (Wildman–Crippen MR) is 100 cm³/mol. The molecule has 0 unspecified atom stereocenters. The summed E-state index contributed by atoms with van der Waals surface area (Å²) in [7, 11) is 1.62. The fraction of sp³-hybridized carbons (Fsp3) is 0.650. The monoisotopic (exact) mass is 348 g/mol. The van der Waals surface area contributed by atoms with Crippen molar-refractivity contribution in [3.05, 3.63) is 23.8 Å². The van der Waals surface area contributed by atoms with Gasteiger partial charge in [0.15, 0.2) is 18.1 Å². The zero-order valence-electron chi connectivity index (χ0n) is 15.6. The normalized spacial score (nSPS) is 15.0. The van der Waals surface area contributed by atoms with Crippen molar-refractivity contribution in [3.8, 4) is 11.5 Å². The van der Waals surface area contributed by atoms with E-state index in [4.69, 9.17) is 9.47 Å². The highest BCUT2D eigenvalue weighted by molar-refractivity contribution is 5.77. The zero-order valence-corrected chi connectivity index (χ0v) is 15.6. The van der Waals surface area contributed by atoms with Crippen molar-refractivity contribution in [1.82, 2.24) is 10.6 Å². The first-order chi connectivity index (χ1) is 12.2. The molecule has 0 heterocycles. The van der Waals surface area contributed by atoms with E-state index in [2.05, 4.69) is 10.6 Å². The van der Waals surface area contributed by atoms with Crippen LogP contribution in [0.1, 0.15) is 51.0 Å². The minimum Gasteiger partial charge on any atom is -0.493 e. The van der Waals surface area contributed by atoms with E-state index in [-0.39, 0.29) is 12.5 Å². The topological polar surface area (TPSA) is 59.6 Å². The van der Waals surface area contributed by atoms with E-state index in [1.165, 1.54) is 38.5 Å². The van der Waals surface area contributed by atoms with E-state index in [9.17, 15) is 4.79 Å². The lowest BCUT2D eigenvalue weighted by atomic mass is 9.87. The van der Waals surface area contributed by atoms with Gasteiger partial charge in [-0.2, -0.15) is 0 Å². The molecule has 25 heavy (non-hydrogen) atoms. The molecule has 0 aromatic heterocycles. The molecule has 0 aliphatic heterocycles. The number of nitrogens with one attached hydrogen (secondary N) is 2. The summed E-state index contributed by atoms with van der Waals surface area (Å²) in [6, 6.07) is 5.86. The van der Waals surface area contributed by atoms with Crippen LogP contribution in [-0.4, -0.2) is 32.7 Å². The summed E-state index contributed by atoms with van der Waals surface area (Å²) in [5.74, 6) is 2.04. The van der Waals surface area contributed by atoms with Crippen molar-refractivity contribution < 1.29 is 14.3 Å². The van der Waals surface area contributed by atoms with Crippen molar-refractivity contribution in [1.29, 1.82) is 0 Å². The van der Waals surface area contributed by atoms with Gasteiger partial charge in [0.1, 0.15) is 0 Å². The van der Waals surface area contributed by atoms with Crippen LogP contribution in [0, 0.1) is 5.92 Å². The Morgan fingerprint density at radius 1 is 1.20 bits per heavy atom. The minimum atomic E-state index is -0.127. The van der Waals surface area contributed by atoms with Crippen molar-refractivity contribution >= 4 is 5.91 Å². The van der Waals surface area contributed by atoms with E-state index in [0.717, 1.165) is 24.6 Å². The van der Waals surface area contributed by atoms with Crippen LogP contribution in [0.3, 0.4) is 0 Å². The molecule has 1 saturated carbocycles. The van der Waals surface area contributed by atoms with Gasteiger partial charge in [-0.05, 0) is 43.5 Å². The van der Waals surface area contributed by atoms with Gasteiger partial charge in [0.2, 0.25) is 0 Å². The molecule has 1 fully saturated rings. The van der Waals surface area contributed by atoms with E-state index in [1.54, 1.807) is 7.11 Å². The largest absolute Gasteiger partial charge is 0.493 e. The molecule has 1 aliphatic carbocycles. The Hall–Kier alpha value is -1.75. The molecule has 1 amide bonds. The summed E-state index contributed by atoms with van der Waals surface area (Å²) < 4.78 is 10.9. The summed E-state index contributed by atoms with van der Waals surface area (Å²) >= 11 is 0. The van der Waals surface area contributed by atoms with Crippen LogP contribution in [0.5, 0.6) is 11.5 Å². The fourth-order valence-corrected chi connectivity index (χ4v) is 3.35. The number of hydrogen-bond acceptors (Lipinski definition) is 4. The van der Waals surface area contributed by atoms with Crippen molar-refractivity contribution in [2.75, 3.05) is 26.8 Å². The second-order valence-electron chi connectivity index (χ2n) is 6.70. The van der Waals surface area contributed by atoms with Gasteiger partial charge in [0, 0.05) is 13.1 Å². The second kappa shape index (κ2) is 11.0. The van der Waals surface area contributed by atoms with Crippen LogP contribution >= 0.6 is 0 Å². The first kappa shape index (κ1) is 19.6. The minimum absolute atomic E-state index is 0.00316. The van der Waals surface area contributed by atoms with Crippen LogP contribution in [0.2, 0.25) is 0 Å². The van der Waals surface area contributed by atoms with Gasteiger partial charge < -0.3 is 20.1 Å². The van der Waals surface area contributed by atoms with Crippen LogP contribution in [0.25, 0.3) is 0 Å². The number of hydrogen-bond donors (Lipinski definition) is 2. The Kier molecular flexibility index (Phi) is 8.60. The number of ether oxygens (including phenoxy) is 2. The van der Waals surface area contributed by atoms with E-state index >= 15 is 0 Å². The van der Waals surface area contributed by atoms with Gasteiger partial charge in [-0.25, -0.2) is 0 Å². The van der Waals surface area contributed by atoms with Crippen LogP contribution < -0.4 is 20.1 Å². The number of methoxy groups -OCH3 is 1. The molecule has 140 valence electrons. The first-order valence-corrected chi connectivity index (χ1v) is 9.50. The van der Waals surface area contributed by atoms with Crippen LogP contribution in [0.15, 0.2) is 18.2 Å². The number of likely N-dealkylation sites (N-methyl/N-ethyl adjacent to an activating group) is 1. The van der Waals surface area contributed by atoms with Gasteiger partial charge in [0.25, 0.3) is 5.91 Å². The standard InChI is InChI=1S/C20H32N2O3/c1-3-22-20(23)15-25-18-10-9-17(13-19(18)24-2)14-21-12-11-16-7-5-4-6-8-16/h9-10,13,16,21H,3-8,11-12,14-15H2,1-2H3,(H,22,23). The Morgan fingerprint density at radius 2 is 2.00 bits per heavy atom. The molecule has 1 aromatic rings. The molecule has 5 heteroatoms. The maximum atomic E-state index is 11.5. The second-order valence-corrected chi connectivity index (χ2v) is 6.70. The van der Waals surface area contributed by atoms with Crippen molar-refractivity contribution in [3.63, 3.8) is 0 Å². The van der Waals surface area contributed by atoms with Crippen LogP contribution in [0.4, 0.5) is 0 Å². The molecular weight excluding hydrogens is 316 g/mol. The summed E-state index contributed by atoms with van der Waals surface area (Å²) in [5.41, 5.74) is 1.16. The Bertz CT molecular complexity index is 528. The molecular formula is C20H32N2O3. The Morgan fingerprint density at radius 3 is 2.72 bits per heavy atom. The summed E-state index contributed by atoms with van der Waals surface area (Å²) in [6.07, 6.45) is 8.28. The highest BCUT2D eigenvalue weighted by Crippen LogP contribution is 2.28. The summed E-state index contributed by atoms with van der Waals surface area (Å²) in [5, 5.41) is 6.24. The van der Waals surface area contributed by atoms with Gasteiger partial charge >= 0.3 is 0 Å². The van der Waals surface area contributed by atoms with Gasteiger partial charge in [0.05, 0.1) is 7.11 Å². The highest BCUT2D eigenvalue weighted by Gasteiger charge is 2.13. The van der Waals surface area contributed by atoms with E-state index in [1.807, 2.05) is 25.1 Å². The van der Waals surface area contributed by atoms with E-state index < -0.39 is 0 Å². The molecule has 0 saturated heterocycles. The van der Waals surface area contributed by atoms with Crippen molar-refractivity contribution in [2.45, 2.75) is 52.0 Å². The summed E-state index contributed by atoms with van der Waals surface area (Å²) in [4.78, 5) is 11.5. The fourth-order valence-electron chi connectivity index (χ4n) is 3.35. The molecule has 1 aliphatic rings. The third kappa shape index (κ3) is 6.94. The number of carbonyl (C=O) groups excluding carboxylic acids is 1. The number of benzene rings is 1. The third-order valence-corrected chi connectivity index (χ3v) is 4.74. The lowest BCUT2D eigenvalue weighted by molar-refractivity contribution is -0.123. The SMILES string of the molecule is CCNC(=O)COc1ccc(CNCCC2CCCCC2)cc1OC. The molecule has 0 radical (unpaired) electrons. The molecule has 5 nitrogen and oxygen atoms in total. The predicted octanol–water partition coefficient (Wildman–Crippen LogP) is 3.27. The van der Waals surface area contributed by atoms with E-state index in [0.29, 0.717) is 18.0 Å². The zero-order chi connectivity index (χ0) is 17.9.